The van der Waals surface area contributed by atoms with E-state index in [2.05, 4.69) is 20.2 Å². The SMILES string of the molecule is CN1CCN(C(=O)c2cnc(Nc3cccc(C(F)(F)F)c3)nc2)CC1. The van der Waals surface area contributed by atoms with Crippen molar-refractivity contribution in [3.8, 4) is 0 Å². The number of carbonyl (C=O) groups is 1. The van der Waals surface area contributed by atoms with Crippen molar-refractivity contribution in [1.29, 1.82) is 0 Å². The van der Waals surface area contributed by atoms with Crippen LogP contribution < -0.4 is 5.32 Å². The first-order valence-electron chi connectivity index (χ1n) is 8.07. The molecule has 1 aromatic carbocycles. The van der Waals surface area contributed by atoms with Crippen molar-refractivity contribution >= 4 is 17.5 Å². The first-order chi connectivity index (χ1) is 12.3. The highest BCUT2D eigenvalue weighted by atomic mass is 19.4. The molecule has 1 fully saturated rings. The second-order valence-electron chi connectivity index (χ2n) is 6.09. The van der Waals surface area contributed by atoms with Gasteiger partial charge in [0.25, 0.3) is 5.91 Å². The number of benzene rings is 1. The van der Waals surface area contributed by atoms with Crippen LogP contribution in [0.1, 0.15) is 15.9 Å². The summed E-state index contributed by atoms with van der Waals surface area (Å²) >= 11 is 0. The fraction of sp³-hybridized carbons (Fsp3) is 0.353. The van der Waals surface area contributed by atoms with Gasteiger partial charge in [-0.1, -0.05) is 6.07 Å². The Labute approximate surface area is 148 Å². The minimum absolute atomic E-state index is 0.124. The Morgan fingerprint density at radius 2 is 1.77 bits per heavy atom. The Balaban J connectivity index is 1.67. The number of amides is 1. The fourth-order valence-corrected chi connectivity index (χ4v) is 2.60. The molecule has 0 saturated carbocycles. The molecule has 2 heterocycles. The zero-order chi connectivity index (χ0) is 18.7. The molecule has 1 saturated heterocycles. The van der Waals surface area contributed by atoms with Crippen LogP contribution in [0.2, 0.25) is 0 Å². The van der Waals surface area contributed by atoms with Gasteiger partial charge >= 0.3 is 6.18 Å². The monoisotopic (exact) mass is 365 g/mol. The molecular weight excluding hydrogens is 347 g/mol. The third-order valence-corrected chi connectivity index (χ3v) is 4.14. The molecular formula is C17H18F3N5O. The normalized spacial score (nSPS) is 15.8. The van der Waals surface area contributed by atoms with Gasteiger partial charge in [0, 0.05) is 44.3 Å². The maximum Gasteiger partial charge on any atom is 0.416 e. The molecule has 0 aliphatic carbocycles. The predicted octanol–water partition coefficient (Wildman–Crippen LogP) is 2.63. The van der Waals surface area contributed by atoms with Crippen LogP contribution in [0, 0.1) is 0 Å². The summed E-state index contributed by atoms with van der Waals surface area (Å²) in [7, 11) is 2.00. The van der Waals surface area contributed by atoms with E-state index in [4.69, 9.17) is 0 Å². The minimum atomic E-state index is -4.42. The highest BCUT2D eigenvalue weighted by Crippen LogP contribution is 2.31. The summed E-state index contributed by atoms with van der Waals surface area (Å²) in [6.45, 7) is 2.89. The first-order valence-corrected chi connectivity index (χ1v) is 8.07. The molecule has 2 aromatic rings. The molecule has 6 nitrogen and oxygen atoms in total. The molecule has 1 amide bonds. The number of halogens is 3. The number of nitrogens with one attached hydrogen (secondary N) is 1. The summed E-state index contributed by atoms with van der Waals surface area (Å²) in [5.41, 5.74) is -0.188. The molecule has 9 heteroatoms. The Morgan fingerprint density at radius 1 is 1.12 bits per heavy atom. The van der Waals surface area contributed by atoms with Crippen molar-refractivity contribution in [2.24, 2.45) is 0 Å². The molecule has 1 aliphatic heterocycles. The Kier molecular flexibility index (Phi) is 5.08. The number of carbonyl (C=O) groups excluding carboxylic acids is 1. The average molecular weight is 365 g/mol. The fourth-order valence-electron chi connectivity index (χ4n) is 2.60. The summed E-state index contributed by atoms with van der Waals surface area (Å²) < 4.78 is 38.2. The third-order valence-electron chi connectivity index (χ3n) is 4.14. The van der Waals surface area contributed by atoms with Gasteiger partial charge in [0.15, 0.2) is 0 Å². The number of aromatic nitrogens is 2. The maximum absolute atomic E-state index is 12.7. The van der Waals surface area contributed by atoms with Crippen molar-refractivity contribution in [3.05, 3.63) is 47.8 Å². The van der Waals surface area contributed by atoms with Crippen LogP contribution in [0.4, 0.5) is 24.8 Å². The zero-order valence-electron chi connectivity index (χ0n) is 14.1. The van der Waals surface area contributed by atoms with Crippen molar-refractivity contribution in [3.63, 3.8) is 0 Å². The molecule has 0 unspecified atom stereocenters. The van der Waals surface area contributed by atoms with E-state index in [1.807, 2.05) is 7.05 Å². The zero-order valence-corrected chi connectivity index (χ0v) is 14.1. The van der Waals surface area contributed by atoms with Gasteiger partial charge in [-0.25, -0.2) is 9.97 Å². The lowest BCUT2D eigenvalue weighted by molar-refractivity contribution is -0.137. The number of rotatable bonds is 3. The van der Waals surface area contributed by atoms with Gasteiger partial charge in [0.2, 0.25) is 5.95 Å². The number of anilines is 2. The second kappa shape index (κ2) is 7.28. The standard InChI is InChI=1S/C17H18F3N5O/c1-24-5-7-25(8-6-24)15(26)12-10-21-16(22-11-12)23-14-4-2-3-13(9-14)17(18,19)20/h2-4,9-11H,5-8H2,1H3,(H,21,22,23). The van der Waals surface area contributed by atoms with Gasteiger partial charge in [-0.3, -0.25) is 4.79 Å². The van der Waals surface area contributed by atoms with E-state index >= 15 is 0 Å². The highest BCUT2D eigenvalue weighted by Gasteiger charge is 2.30. The smallest absolute Gasteiger partial charge is 0.336 e. The molecule has 0 spiro atoms. The summed E-state index contributed by atoms with van der Waals surface area (Å²) in [4.78, 5) is 24.4. The minimum Gasteiger partial charge on any atom is -0.336 e. The van der Waals surface area contributed by atoms with E-state index in [-0.39, 0.29) is 17.5 Å². The largest absolute Gasteiger partial charge is 0.416 e. The van der Waals surface area contributed by atoms with E-state index in [0.717, 1.165) is 25.2 Å². The summed E-state index contributed by atoms with van der Waals surface area (Å²) in [5, 5.41) is 2.71. The Bertz CT molecular complexity index is 771. The van der Waals surface area contributed by atoms with Crippen molar-refractivity contribution in [2.75, 3.05) is 38.5 Å². The number of hydrogen-bond acceptors (Lipinski definition) is 5. The summed E-state index contributed by atoms with van der Waals surface area (Å²) in [6.07, 6.45) is -1.66. The molecule has 1 aliphatic rings. The van der Waals surface area contributed by atoms with Gasteiger partial charge < -0.3 is 15.1 Å². The number of alkyl halides is 3. The van der Waals surface area contributed by atoms with E-state index < -0.39 is 11.7 Å². The number of nitrogens with zero attached hydrogens (tertiary/aromatic N) is 4. The first kappa shape index (κ1) is 18.1. The van der Waals surface area contributed by atoms with E-state index in [1.165, 1.54) is 24.5 Å². The van der Waals surface area contributed by atoms with Gasteiger partial charge in [-0.15, -0.1) is 0 Å². The van der Waals surface area contributed by atoms with E-state index in [1.54, 1.807) is 4.90 Å². The molecule has 0 radical (unpaired) electrons. The number of likely N-dealkylation sites (N-methyl/N-ethyl adjacent to an activating group) is 1. The third kappa shape index (κ3) is 4.29. The molecule has 0 atom stereocenters. The topological polar surface area (TPSA) is 61.4 Å². The van der Waals surface area contributed by atoms with Crippen LogP contribution in [-0.4, -0.2) is 58.9 Å². The lowest BCUT2D eigenvalue weighted by atomic mass is 10.2. The average Bonchev–Trinajstić information content (AvgIpc) is 2.62. The number of hydrogen-bond donors (Lipinski definition) is 1. The lowest BCUT2D eigenvalue weighted by Crippen LogP contribution is -2.47. The molecule has 1 N–H and O–H groups in total. The van der Waals surface area contributed by atoms with Crippen LogP contribution in [0.15, 0.2) is 36.7 Å². The molecule has 3 rings (SSSR count). The highest BCUT2D eigenvalue weighted by molar-refractivity contribution is 5.93. The van der Waals surface area contributed by atoms with Crippen molar-refractivity contribution in [2.45, 2.75) is 6.18 Å². The van der Waals surface area contributed by atoms with Crippen LogP contribution in [0.3, 0.4) is 0 Å². The maximum atomic E-state index is 12.7. The van der Waals surface area contributed by atoms with Crippen LogP contribution in [-0.2, 0) is 6.18 Å². The van der Waals surface area contributed by atoms with E-state index in [0.29, 0.717) is 18.7 Å². The van der Waals surface area contributed by atoms with Gasteiger partial charge in [0.1, 0.15) is 0 Å². The Morgan fingerprint density at radius 3 is 2.38 bits per heavy atom. The van der Waals surface area contributed by atoms with E-state index in [9.17, 15) is 18.0 Å². The van der Waals surface area contributed by atoms with Gasteiger partial charge in [0.05, 0.1) is 11.1 Å². The summed E-state index contributed by atoms with van der Waals surface area (Å²) in [6, 6.07) is 4.76. The lowest BCUT2D eigenvalue weighted by Gasteiger charge is -2.32. The predicted molar refractivity (Wildman–Crippen MR) is 90.2 cm³/mol. The van der Waals surface area contributed by atoms with Gasteiger partial charge in [-0.05, 0) is 25.2 Å². The van der Waals surface area contributed by atoms with Crippen LogP contribution >= 0.6 is 0 Å². The second-order valence-corrected chi connectivity index (χ2v) is 6.09. The Hall–Kier alpha value is -2.68. The molecule has 0 bridgehead atoms. The summed E-state index contributed by atoms with van der Waals surface area (Å²) in [5.74, 6) is -0.0250. The molecule has 26 heavy (non-hydrogen) atoms. The number of piperazine rings is 1. The van der Waals surface area contributed by atoms with Crippen LogP contribution in [0.25, 0.3) is 0 Å². The van der Waals surface area contributed by atoms with Crippen molar-refractivity contribution in [1.82, 2.24) is 19.8 Å². The van der Waals surface area contributed by atoms with Crippen molar-refractivity contribution < 1.29 is 18.0 Å². The molecule has 1 aromatic heterocycles. The molecule has 138 valence electrons. The van der Waals surface area contributed by atoms with Crippen LogP contribution in [0.5, 0.6) is 0 Å². The quantitative estimate of drug-likeness (QED) is 0.906. The van der Waals surface area contributed by atoms with Gasteiger partial charge in [-0.2, -0.15) is 13.2 Å².